The maximum Gasteiger partial charge on any atom is 0.277 e. The maximum absolute atomic E-state index is 12.2. The molecule has 1 heterocycles. The number of nitrogens with one attached hydrogen (secondary N) is 1. The molecule has 1 amide bonds. The summed E-state index contributed by atoms with van der Waals surface area (Å²) < 4.78 is 5.73. The van der Waals surface area contributed by atoms with Crippen molar-refractivity contribution >= 4 is 17.7 Å². The molecule has 0 spiro atoms. The summed E-state index contributed by atoms with van der Waals surface area (Å²) >= 11 is 1.31. The maximum atomic E-state index is 12.2. The van der Waals surface area contributed by atoms with Gasteiger partial charge in [-0.15, -0.1) is 10.2 Å². The summed E-state index contributed by atoms with van der Waals surface area (Å²) in [5.41, 5.74) is 3.22. The minimum Gasteiger partial charge on any atom is -0.411 e. The Morgan fingerprint density at radius 2 is 1.88 bits per heavy atom. The summed E-state index contributed by atoms with van der Waals surface area (Å²) in [6, 6.07) is 6.47. The highest BCUT2D eigenvalue weighted by Gasteiger charge is 2.23. The van der Waals surface area contributed by atoms with Crippen LogP contribution in [0.3, 0.4) is 0 Å². The van der Waals surface area contributed by atoms with Crippen LogP contribution in [0.25, 0.3) is 11.5 Å². The number of hydrogen-bond acceptors (Lipinski definition) is 5. The molecule has 0 bridgehead atoms. The number of nitrogens with zero attached hydrogens (tertiary/aromatic N) is 2. The predicted molar refractivity (Wildman–Crippen MR) is 94.9 cm³/mol. The lowest BCUT2D eigenvalue weighted by Crippen LogP contribution is -2.37. The van der Waals surface area contributed by atoms with Crippen molar-refractivity contribution in [2.24, 2.45) is 0 Å². The molecule has 1 aromatic carbocycles. The Balaban J connectivity index is 1.63. The van der Waals surface area contributed by atoms with Crippen LogP contribution in [0.2, 0.25) is 0 Å². The molecular weight excluding hydrogens is 322 g/mol. The normalized spacial score (nSPS) is 16.3. The molecule has 6 heteroatoms. The van der Waals surface area contributed by atoms with Crippen LogP contribution in [0.5, 0.6) is 0 Å². The van der Waals surface area contributed by atoms with Crippen LogP contribution < -0.4 is 5.32 Å². The molecule has 0 radical (unpaired) electrons. The topological polar surface area (TPSA) is 68.0 Å². The fraction of sp³-hybridized carbons (Fsp3) is 0.500. The minimum atomic E-state index is -0.252. The monoisotopic (exact) mass is 345 g/mol. The van der Waals surface area contributed by atoms with Crippen LogP contribution in [0.4, 0.5) is 0 Å². The SMILES string of the molecule is Cc1cc(C)cc(-c2nnc(SC(C)C(=O)NC3CCCC3)o2)c1. The number of hydrogen-bond donors (Lipinski definition) is 1. The average Bonchev–Trinajstić information content (AvgIpc) is 3.18. The molecule has 1 N–H and O–H groups in total. The highest BCUT2D eigenvalue weighted by atomic mass is 32.2. The Hall–Kier alpha value is -1.82. The molecule has 0 saturated heterocycles. The van der Waals surface area contributed by atoms with E-state index >= 15 is 0 Å². The Bertz CT molecular complexity index is 703. The first-order valence-electron chi connectivity index (χ1n) is 8.40. The average molecular weight is 345 g/mol. The molecule has 1 unspecified atom stereocenters. The van der Waals surface area contributed by atoms with Gasteiger partial charge in [-0.2, -0.15) is 0 Å². The molecule has 5 nitrogen and oxygen atoms in total. The van der Waals surface area contributed by atoms with Crippen molar-refractivity contribution in [2.75, 3.05) is 0 Å². The standard InChI is InChI=1S/C18H23N3O2S/c1-11-8-12(2)10-14(9-11)17-20-21-18(23-17)24-13(3)16(22)19-15-6-4-5-7-15/h8-10,13,15H,4-7H2,1-3H3,(H,19,22). The van der Waals surface area contributed by atoms with E-state index in [1.807, 2.05) is 32.9 Å². The molecular formula is C18H23N3O2S. The molecule has 0 aliphatic heterocycles. The first kappa shape index (κ1) is 17.0. The molecule has 1 aromatic heterocycles. The van der Waals surface area contributed by atoms with Crippen molar-refractivity contribution < 1.29 is 9.21 Å². The molecule has 2 aromatic rings. The lowest BCUT2D eigenvalue weighted by atomic mass is 10.1. The van der Waals surface area contributed by atoms with Gasteiger partial charge in [0.25, 0.3) is 5.22 Å². The first-order valence-corrected chi connectivity index (χ1v) is 9.28. The smallest absolute Gasteiger partial charge is 0.277 e. The third-order valence-corrected chi connectivity index (χ3v) is 5.16. The predicted octanol–water partition coefficient (Wildman–Crippen LogP) is 3.89. The van der Waals surface area contributed by atoms with Crippen molar-refractivity contribution in [1.82, 2.24) is 15.5 Å². The van der Waals surface area contributed by atoms with E-state index in [2.05, 4.69) is 21.6 Å². The van der Waals surface area contributed by atoms with Gasteiger partial charge in [0, 0.05) is 11.6 Å². The van der Waals surface area contributed by atoms with E-state index in [-0.39, 0.29) is 11.2 Å². The van der Waals surface area contributed by atoms with Gasteiger partial charge in [-0.25, -0.2) is 0 Å². The van der Waals surface area contributed by atoms with Crippen LogP contribution in [-0.2, 0) is 4.79 Å². The second-order valence-corrected chi connectivity index (χ2v) is 7.79. The van der Waals surface area contributed by atoms with Crippen molar-refractivity contribution in [3.63, 3.8) is 0 Å². The van der Waals surface area contributed by atoms with Gasteiger partial charge in [0.05, 0.1) is 5.25 Å². The summed E-state index contributed by atoms with van der Waals surface area (Å²) in [5, 5.41) is 11.5. The number of benzene rings is 1. The van der Waals surface area contributed by atoms with Crippen LogP contribution in [0.15, 0.2) is 27.8 Å². The zero-order valence-corrected chi connectivity index (χ0v) is 15.2. The van der Waals surface area contributed by atoms with E-state index in [1.165, 1.54) is 24.6 Å². The number of aryl methyl sites for hydroxylation is 2. The summed E-state index contributed by atoms with van der Waals surface area (Å²) in [7, 11) is 0. The minimum absolute atomic E-state index is 0.0399. The van der Waals surface area contributed by atoms with Gasteiger partial charge in [0.15, 0.2) is 0 Å². The molecule has 128 valence electrons. The molecule has 1 fully saturated rings. The largest absolute Gasteiger partial charge is 0.411 e. The molecule has 3 rings (SSSR count). The lowest BCUT2D eigenvalue weighted by molar-refractivity contribution is -0.120. The number of thioether (sulfide) groups is 1. The van der Waals surface area contributed by atoms with Crippen LogP contribution in [-0.4, -0.2) is 27.4 Å². The molecule has 24 heavy (non-hydrogen) atoms. The van der Waals surface area contributed by atoms with Crippen molar-refractivity contribution in [1.29, 1.82) is 0 Å². The van der Waals surface area contributed by atoms with E-state index in [9.17, 15) is 4.79 Å². The molecule has 1 aliphatic rings. The Kier molecular flexibility index (Phi) is 5.23. The number of carbonyl (C=O) groups excluding carboxylic acids is 1. The summed E-state index contributed by atoms with van der Waals surface area (Å²) in [6.07, 6.45) is 4.58. The van der Waals surface area contributed by atoms with Gasteiger partial charge < -0.3 is 9.73 Å². The molecule has 1 saturated carbocycles. The van der Waals surface area contributed by atoms with Gasteiger partial charge in [-0.05, 0) is 45.7 Å². The fourth-order valence-electron chi connectivity index (χ4n) is 3.07. The van der Waals surface area contributed by atoms with Gasteiger partial charge in [-0.1, -0.05) is 41.8 Å². The third-order valence-electron chi connectivity index (χ3n) is 4.22. The zero-order chi connectivity index (χ0) is 17.1. The number of carbonyl (C=O) groups is 1. The van der Waals surface area contributed by atoms with Crippen LogP contribution in [0, 0.1) is 13.8 Å². The van der Waals surface area contributed by atoms with E-state index < -0.39 is 0 Å². The van der Waals surface area contributed by atoms with Gasteiger partial charge in [0.1, 0.15) is 0 Å². The Labute approximate surface area is 146 Å². The number of aromatic nitrogens is 2. The Morgan fingerprint density at radius 3 is 2.54 bits per heavy atom. The number of amides is 1. The third kappa shape index (κ3) is 4.17. The second kappa shape index (κ2) is 7.38. The van der Waals surface area contributed by atoms with Crippen molar-refractivity contribution in [2.45, 2.75) is 63.0 Å². The summed E-state index contributed by atoms with van der Waals surface area (Å²) in [4.78, 5) is 12.2. The highest BCUT2D eigenvalue weighted by molar-refractivity contribution is 8.00. The number of rotatable bonds is 5. The van der Waals surface area contributed by atoms with Gasteiger partial charge >= 0.3 is 0 Å². The fourth-order valence-corrected chi connectivity index (χ4v) is 3.76. The van der Waals surface area contributed by atoms with Gasteiger partial charge in [0.2, 0.25) is 11.8 Å². The van der Waals surface area contributed by atoms with E-state index in [4.69, 9.17) is 4.42 Å². The first-order chi connectivity index (χ1) is 11.5. The summed E-state index contributed by atoms with van der Waals surface area (Å²) in [6.45, 7) is 5.95. The van der Waals surface area contributed by atoms with Crippen LogP contribution in [0.1, 0.15) is 43.7 Å². The highest BCUT2D eigenvalue weighted by Crippen LogP contribution is 2.27. The molecule has 1 aliphatic carbocycles. The van der Waals surface area contributed by atoms with E-state index in [1.54, 1.807) is 0 Å². The van der Waals surface area contributed by atoms with E-state index in [0.717, 1.165) is 29.5 Å². The van der Waals surface area contributed by atoms with Crippen LogP contribution >= 0.6 is 11.8 Å². The lowest BCUT2D eigenvalue weighted by Gasteiger charge is -2.14. The van der Waals surface area contributed by atoms with Crippen molar-refractivity contribution in [3.8, 4) is 11.5 Å². The quantitative estimate of drug-likeness (QED) is 0.833. The van der Waals surface area contributed by atoms with E-state index in [0.29, 0.717) is 17.2 Å². The second-order valence-electron chi connectivity index (χ2n) is 6.50. The van der Waals surface area contributed by atoms with Crippen molar-refractivity contribution in [3.05, 3.63) is 29.3 Å². The summed E-state index contributed by atoms with van der Waals surface area (Å²) in [5.74, 6) is 0.533. The molecule has 1 atom stereocenters. The Morgan fingerprint density at radius 1 is 1.21 bits per heavy atom. The zero-order valence-electron chi connectivity index (χ0n) is 14.3. The van der Waals surface area contributed by atoms with Gasteiger partial charge in [-0.3, -0.25) is 4.79 Å².